The second-order valence-corrected chi connectivity index (χ2v) is 31.3. The van der Waals surface area contributed by atoms with Gasteiger partial charge in [0.25, 0.3) is 6.71 Å². The van der Waals surface area contributed by atoms with Gasteiger partial charge in [-0.1, -0.05) is 177 Å². The third-order valence-electron chi connectivity index (χ3n) is 21.0. The molecule has 0 amide bonds. The zero-order valence-corrected chi connectivity index (χ0v) is 51.8. The second-order valence-electron chi connectivity index (χ2n) is 30.2. The highest BCUT2D eigenvalue weighted by Crippen LogP contribution is 2.56. The Balaban J connectivity index is 1.14. The van der Waals surface area contributed by atoms with Crippen molar-refractivity contribution in [2.75, 3.05) is 14.7 Å². The quantitative estimate of drug-likeness (QED) is 0.159. The molecule has 0 bridgehead atoms. The number of hydrogen-bond donors (Lipinski definition) is 0. The minimum Gasteiger partial charge on any atom is -0.311 e. The molecule has 0 radical (unpaired) electrons. The summed E-state index contributed by atoms with van der Waals surface area (Å²) in [5, 5.41) is 2.66. The topological polar surface area (TPSA) is 9.72 Å². The molecule has 3 heterocycles. The van der Waals surface area contributed by atoms with E-state index in [9.17, 15) is 0 Å². The molecule has 0 unspecified atom stereocenters. The van der Waals surface area contributed by atoms with Gasteiger partial charge in [-0.15, -0.1) is 11.3 Å². The summed E-state index contributed by atoms with van der Waals surface area (Å²) in [5.41, 5.74) is 25.7. The molecule has 81 heavy (non-hydrogen) atoms. The third kappa shape index (κ3) is 8.08. The molecule has 0 atom stereocenters. The van der Waals surface area contributed by atoms with Crippen molar-refractivity contribution in [1.82, 2.24) is 0 Å². The van der Waals surface area contributed by atoms with Crippen LogP contribution >= 0.6 is 11.3 Å². The van der Waals surface area contributed by atoms with E-state index in [4.69, 9.17) is 0 Å². The van der Waals surface area contributed by atoms with Crippen LogP contribution in [0.15, 0.2) is 152 Å². The molecule has 1 aromatic heterocycles. The molecule has 5 aliphatic rings. The fraction of sp³-hybridized carbons (Fsp3) is 0.368. The van der Waals surface area contributed by atoms with Gasteiger partial charge in [-0.2, -0.15) is 0 Å². The molecule has 9 aromatic rings. The highest BCUT2D eigenvalue weighted by molar-refractivity contribution is 7.25. The van der Waals surface area contributed by atoms with Crippen LogP contribution in [0.1, 0.15) is 181 Å². The lowest BCUT2D eigenvalue weighted by Gasteiger charge is -2.49. The molecule has 410 valence electrons. The maximum atomic E-state index is 2.74. The van der Waals surface area contributed by atoms with Crippen molar-refractivity contribution in [2.24, 2.45) is 0 Å². The molecule has 2 aliphatic heterocycles. The molecule has 0 N–H and O–H groups in total. The Morgan fingerprint density at radius 2 is 0.778 bits per heavy atom. The molecule has 0 fully saturated rings. The van der Waals surface area contributed by atoms with Crippen LogP contribution in [-0.2, 0) is 37.9 Å². The first-order valence-electron chi connectivity index (χ1n) is 30.4. The normalized spacial score (nSPS) is 19.3. The summed E-state index contributed by atoms with van der Waals surface area (Å²) in [5.74, 6) is 0. The van der Waals surface area contributed by atoms with Crippen molar-refractivity contribution in [1.29, 1.82) is 0 Å². The smallest absolute Gasteiger partial charge is 0.252 e. The van der Waals surface area contributed by atoms with Gasteiger partial charge in [0.2, 0.25) is 0 Å². The Bertz CT molecular complexity index is 4030. The van der Waals surface area contributed by atoms with Crippen LogP contribution in [0, 0.1) is 0 Å². The summed E-state index contributed by atoms with van der Waals surface area (Å²) in [6, 6.07) is 60.4. The number of thiophene rings is 1. The lowest BCUT2D eigenvalue weighted by Crippen LogP contribution is -2.62. The Kier molecular flexibility index (Phi) is 11.3. The molecule has 3 aliphatic carbocycles. The van der Waals surface area contributed by atoms with Crippen LogP contribution in [0.2, 0.25) is 0 Å². The van der Waals surface area contributed by atoms with Crippen LogP contribution in [0.3, 0.4) is 0 Å². The first-order chi connectivity index (χ1) is 38.2. The molecule has 14 rings (SSSR count). The number of para-hydroxylation sites is 2. The number of rotatable bonds is 5. The Morgan fingerprint density at radius 1 is 0.383 bits per heavy atom. The average molecular weight is 1080 g/mol. The zero-order valence-electron chi connectivity index (χ0n) is 51.0. The van der Waals surface area contributed by atoms with Gasteiger partial charge >= 0.3 is 0 Å². The zero-order chi connectivity index (χ0) is 56.7. The third-order valence-corrected chi connectivity index (χ3v) is 22.1. The highest BCUT2D eigenvalue weighted by atomic mass is 32.1. The largest absolute Gasteiger partial charge is 0.311 e. The first-order valence-corrected chi connectivity index (χ1v) is 31.2. The molecule has 3 nitrogen and oxygen atoms in total. The monoisotopic (exact) mass is 1080 g/mol. The number of hydrogen-bond acceptors (Lipinski definition) is 4. The van der Waals surface area contributed by atoms with Gasteiger partial charge in [0, 0.05) is 65.7 Å². The summed E-state index contributed by atoms with van der Waals surface area (Å²) >= 11 is 1.95. The van der Waals surface area contributed by atoms with Gasteiger partial charge in [-0.05, 0) is 211 Å². The van der Waals surface area contributed by atoms with E-state index in [2.05, 4.69) is 270 Å². The predicted molar refractivity (Wildman–Crippen MR) is 353 cm³/mol. The lowest BCUT2D eigenvalue weighted by atomic mass is 9.32. The van der Waals surface area contributed by atoms with Crippen molar-refractivity contribution < 1.29 is 0 Å². The van der Waals surface area contributed by atoms with Crippen LogP contribution in [-0.4, -0.2) is 6.71 Å². The Labute approximate surface area is 488 Å². The van der Waals surface area contributed by atoms with E-state index in [1.165, 1.54) is 116 Å². The molecule has 0 saturated heterocycles. The Hall–Kier alpha value is -6.56. The van der Waals surface area contributed by atoms with Crippen molar-refractivity contribution >= 4 is 106 Å². The van der Waals surface area contributed by atoms with E-state index in [1.54, 1.807) is 0 Å². The van der Waals surface area contributed by atoms with Crippen LogP contribution in [0.4, 0.5) is 51.2 Å². The van der Waals surface area contributed by atoms with E-state index < -0.39 is 0 Å². The van der Waals surface area contributed by atoms with Gasteiger partial charge in [0.15, 0.2) is 0 Å². The van der Waals surface area contributed by atoms with Crippen LogP contribution < -0.4 is 31.1 Å². The summed E-state index contributed by atoms with van der Waals surface area (Å²) in [6.45, 7) is 36.9. The minimum atomic E-state index is -0.0300. The van der Waals surface area contributed by atoms with E-state index >= 15 is 0 Å². The summed E-state index contributed by atoms with van der Waals surface area (Å²) < 4.78 is 2.67. The van der Waals surface area contributed by atoms with E-state index in [0.717, 1.165) is 49.2 Å². The lowest BCUT2D eigenvalue weighted by molar-refractivity contribution is 0.332. The minimum absolute atomic E-state index is 0.00118. The van der Waals surface area contributed by atoms with Crippen molar-refractivity contribution in [3.8, 4) is 0 Å². The van der Waals surface area contributed by atoms with Crippen LogP contribution in [0.5, 0.6) is 0 Å². The first kappa shape index (κ1) is 52.5. The Morgan fingerprint density at radius 3 is 1.25 bits per heavy atom. The molecule has 8 aromatic carbocycles. The fourth-order valence-corrected chi connectivity index (χ4v) is 16.7. The van der Waals surface area contributed by atoms with Gasteiger partial charge in [-0.3, -0.25) is 0 Å². The maximum absolute atomic E-state index is 2.74. The molecular weight excluding hydrogens is 998 g/mol. The standard InChI is InChI=1S/C76H82BN3S/c1-70(2,3)47-26-29-53-54-30-27-51(42-68(54)81-67(53)38-47)80-64-46-60-58(74(10,11)35-37-76(60,14)15)44-62(64)77-61-43-57-59(75(12,13)36-34-73(57,8)9)45-63(61)79(50-28-31-55-56(39-50)72(6,7)33-32-71(55,4)5)65-40-52(41-66(80)69(65)77)78(48-22-18-16-19-23-48)49-24-20-17-21-25-49/h16-31,38-46H,32-37H2,1-15H3. The summed E-state index contributed by atoms with van der Waals surface area (Å²) in [4.78, 5) is 7.97. The fourth-order valence-electron chi connectivity index (χ4n) is 15.5. The number of benzene rings is 8. The van der Waals surface area contributed by atoms with E-state index in [0.29, 0.717) is 0 Å². The summed E-state index contributed by atoms with van der Waals surface area (Å²) in [7, 11) is 0. The SMILES string of the molecule is CC(C)(C)c1ccc2c(c1)sc1cc(N3c4cc5c(cc4B4c6cc7c(cc6N(c6ccc8c(c6)C(C)(C)CCC8(C)C)c6cc(N(c8ccccc8)c8ccccc8)cc3c64)C(C)(C)CCC7(C)C)C(C)(C)CCC5(C)C)ccc12. The van der Waals surface area contributed by atoms with E-state index in [1.807, 2.05) is 11.3 Å². The maximum Gasteiger partial charge on any atom is 0.252 e. The van der Waals surface area contributed by atoms with Crippen LogP contribution in [0.25, 0.3) is 20.2 Å². The molecule has 0 spiro atoms. The summed E-state index contributed by atoms with van der Waals surface area (Å²) in [6.07, 6.45) is 6.96. The van der Waals surface area contributed by atoms with Crippen molar-refractivity contribution in [3.63, 3.8) is 0 Å². The van der Waals surface area contributed by atoms with Gasteiger partial charge in [-0.25, -0.2) is 0 Å². The molecular formula is C76H82BN3S. The number of anilines is 9. The van der Waals surface area contributed by atoms with Gasteiger partial charge in [0.05, 0.1) is 5.69 Å². The van der Waals surface area contributed by atoms with Crippen molar-refractivity contribution in [2.45, 2.75) is 180 Å². The average Bonchev–Trinajstić information content (AvgIpc) is 2.24. The second kappa shape index (κ2) is 17.5. The van der Waals surface area contributed by atoms with Crippen molar-refractivity contribution in [3.05, 3.63) is 191 Å². The predicted octanol–water partition coefficient (Wildman–Crippen LogP) is 20.0. The van der Waals surface area contributed by atoms with Gasteiger partial charge in [0.1, 0.15) is 0 Å². The number of fused-ring (bicyclic) bond motifs is 10. The molecule has 5 heteroatoms. The molecule has 0 saturated carbocycles. The van der Waals surface area contributed by atoms with Gasteiger partial charge < -0.3 is 14.7 Å². The highest BCUT2D eigenvalue weighted by Gasteiger charge is 2.49. The van der Waals surface area contributed by atoms with E-state index in [-0.39, 0.29) is 44.6 Å². The number of nitrogens with zero attached hydrogens (tertiary/aromatic N) is 3.